The summed E-state index contributed by atoms with van der Waals surface area (Å²) < 4.78 is 5.48. The van der Waals surface area contributed by atoms with Gasteiger partial charge in [0.05, 0.1) is 13.7 Å². The molecule has 0 amide bonds. The molecular weight excluding hydrogens is 314 g/mol. The molecule has 0 spiro atoms. The normalized spacial score (nSPS) is 27.3. The van der Waals surface area contributed by atoms with E-state index in [1.165, 1.54) is 6.42 Å². The molecule has 1 aromatic heterocycles. The van der Waals surface area contributed by atoms with Gasteiger partial charge in [0.2, 0.25) is 0 Å². The van der Waals surface area contributed by atoms with Crippen LogP contribution in [0.2, 0.25) is 0 Å². The molecule has 2 aromatic rings. The third-order valence-corrected chi connectivity index (χ3v) is 6.22. The molecule has 2 fully saturated rings. The first-order valence-corrected chi connectivity index (χ1v) is 9.17. The Morgan fingerprint density at radius 3 is 2.92 bits per heavy atom. The number of likely N-dealkylation sites (tertiary alicyclic amines) is 1. The minimum atomic E-state index is 0.0536. The molecule has 25 heavy (non-hydrogen) atoms. The smallest absolute Gasteiger partial charge is 0.145 e. The molecule has 4 rings (SSSR count). The summed E-state index contributed by atoms with van der Waals surface area (Å²) >= 11 is 0. The van der Waals surface area contributed by atoms with Gasteiger partial charge in [0, 0.05) is 29.9 Å². The monoisotopic (exact) mass is 341 g/mol. The van der Waals surface area contributed by atoms with Crippen LogP contribution < -0.4 is 9.64 Å². The van der Waals surface area contributed by atoms with E-state index in [9.17, 15) is 5.11 Å². The Kier molecular flexibility index (Phi) is 4.29. The summed E-state index contributed by atoms with van der Waals surface area (Å²) in [7, 11) is 3.88. The quantitative estimate of drug-likeness (QED) is 0.930. The second kappa shape index (κ2) is 6.46. The van der Waals surface area contributed by atoms with Crippen molar-refractivity contribution in [3.8, 4) is 5.75 Å². The zero-order valence-electron chi connectivity index (χ0n) is 15.1. The van der Waals surface area contributed by atoms with Crippen LogP contribution in [0.3, 0.4) is 0 Å². The van der Waals surface area contributed by atoms with Gasteiger partial charge in [0.25, 0.3) is 0 Å². The number of aromatic nitrogens is 1. The van der Waals surface area contributed by atoms with Crippen LogP contribution in [0, 0.1) is 5.41 Å². The first-order chi connectivity index (χ1) is 12.2. The fourth-order valence-corrected chi connectivity index (χ4v) is 4.67. The largest absolute Gasteiger partial charge is 0.494 e. The number of fused-ring (bicyclic) bond motifs is 2. The number of hydrogen-bond acceptors (Lipinski definition) is 5. The molecule has 0 aliphatic carbocycles. The van der Waals surface area contributed by atoms with E-state index in [1.807, 2.05) is 12.1 Å². The number of piperidine rings is 2. The molecule has 0 unspecified atom stereocenters. The summed E-state index contributed by atoms with van der Waals surface area (Å²) in [6.07, 6.45) is 3.33. The summed E-state index contributed by atoms with van der Waals surface area (Å²) in [5.74, 6) is 1.82. The topological polar surface area (TPSA) is 48.8 Å². The minimum Gasteiger partial charge on any atom is -0.494 e. The van der Waals surface area contributed by atoms with E-state index in [0.717, 1.165) is 54.9 Å². The van der Waals surface area contributed by atoms with E-state index < -0.39 is 0 Å². The van der Waals surface area contributed by atoms with Gasteiger partial charge in [-0.05, 0) is 51.1 Å². The molecule has 5 nitrogen and oxygen atoms in total. The van der Waals surface area contributed by atoms with E-state index in [1.54, 1.807) is 7.11 Å². The molecule has 134 valence electrons. The summed E-state index contributed by atoms with van der Waals surface area (Å²) in [6.45, 7) is 3.26. The van der Waals surface area contributed by atoms with Gasteiger partial charge < -0.3 is 19.6 Å². The highest BCUT2D eigenvalue weighted by atomic mass is 16.5. The lowest BCUT2D eigenvalue weighted by molar-refractivity contribution is -0.0277. The third kappa shape index (κ3) is 2.75. The second-order valence-electron chi connectivity index (χ2n) is 7.52. The average molecular weight is 341 g/mol. The Hall–Kier alpha value is -1.85. The van der Waals surface area contributed by atoms with Crippen LogP contribution in [0.15, 0.2) is 30.3 Å². The zero-order valence-corrected chi connectivity index (χ0v) is 15.1. The first kappa shape index (κ1) is 16.6. The highest BCUT2D eigenvalue weighted by Crippen LogP contribution is 2.42. The number of benzene rings is 1. The molecule has 5 heteroatoms. The number of aliphatic hydroxyl groups excluding tert-OH is 1. The van der Waals surface area contributed by atoms with E-state index in [2.05, 4.69) is 35.0 Å². The maximum atomic E-state index is 10.1. The SMILES string of the molecule is COc1cccc2ccc(N3CC[C@@]4(CO)CCCN(C)[C@@H]4C3)nc12. The Morgan fingerprint density at radius 2 is 2.12 bits per heavy atom. The number of pyridine rings is 1. The highest BCUT2D eigenvalue weighted by molar-refractivity contribution is 5.86. The van der Waals surface area contributed by atoms with Crippen LogP contribution in [0.5, 0.6) is 5.75 Å². The summed E-state index contributed by atoms with van der Waals surface area (Å²) in [5.41, 5.74) is 0.969. The number of aliphatic hydroxyl groups is 1. The van der Waals surface area contributed by atoms with Crippen molar-refractivity contribution in [1.82, 2.24) is 9.88 Å². The lowest BCUT2D eigenvalue weighted by atomic mass is 9.69. The van der Waals surface area contributed by atoms with Crippen LogP contribution >= 0.6 is 0 Å². The first-order valence-electron chi connectivity index (χ1n) is 9.17. The van der Waals surface area contributed by atoms with Crippen LogP contribution in [0.4, 0.5) is 5.82 Å². The van der Waals surface area contributed by atoms with Crippen LogP contribution in [-0.4, -0.2) is 61.4 Å². The predicted molar refractivity (Wildman–Crippen MR) is 100 cm³/mol. The number of ether oxygens (including phenoxy) is 1. The number of likely N-dealkylation sites (N-methyl/N-ethyl adjacent to an activating group) is 1. The average Bonchev–Trinajstić information content (AvgIpc) is 2.67. The maximum Gasteiger partial charge on any atom is 0.145 e. The fourth-order valence-electron chi connectivity index (χ4n) is 4.67. The molecular formula is C20H27N3O2. The van der Waals surface area contributed by atoms with Crippen LogP contribution in [0.25, 0.3) is 10.9 Å². The van der Waals surface area contributed by atoms with Crippen molar-refractivity contribution < 1.29 is 9.84 Å². The van der Waals surface area contributed by atoms with E-state index in [0.29, 0.717) is 6.04 Å². The summed E-state index contributed by atoms with van der Waals surface area (Å²) in [6, 6.07) is 10.6. The van der Waals surface area contributed by atoms with Gasteiger partial charge in [0.1, 0.15) is 17.1 Å². The lowest BCUT2D eigenvalue weighted by Crippen LogP contribution is -2.61. The van der Waals surface area contributed by atoms with Crippen LogP contribution in [-0.2, 0) is 0 Å². The Morgan fingerprint density at radius 1 is 1.24 bits per heavy atom. The fraction of sp³-hybridized carbons (Fsp3) is 0.550. The molecule has 0 saturated carbocycles. The van der Waals surface area contributed by atoms with Gasteiger partial charge >= 0.3 is 0 Å². The Labute approximate surface area is 149 Å². The standard InChI is InChI=1S/C20H27N3O2/c1-22-11-4-9-20(14-24)10-12-23(13-17(20)22)18-8-7-15-5-3-6-16(25-2)19(15)21-18/h3,5-8,17,24H,4,9-14H2,1-2H3/t17-,20-/m1/s1. The third-order valence-electron chi connectivity index (χ3n) is 6.22. The van der Waals surface area contributed by atoms with Gasteiger partial charge in [0.15, 0.2) is 0 Å². The van der Waals surface area contributed by atoms with E-state index >= 15 is 0 Å². The molecule has 1 aromatic carbocycles. The van der Waals surface area contributed by atoms with Crippen molar-refractivity contribution in [3.05, 3.63) is 30.3 Å². The van der Waals surface area contributed by atoms with Crippen molar-refractivity contribution in [1.29, 1.82) is 0 Å². The van der Waals surface area contributed by atoms with Gasteiger partial charge in [-0.2, -0.15) is 0 Å². The molecule has 0 radical (unpaired) electrons. The second-order valence-corrected chi connectivity index (χ2v) is 7.52. The number of nitrogens with zero attached hydrogens (tertiary/aromatic N) is 3. The predicted octanol–water partition coefficient (Wildman–Crippen LogP) is 2.53. The molecule has 2 atom stereocenters. The van der Waals surface area contributed by atoms with Gasteiger partial charge in [-0.1, -0.05) is 12.1 Å². The zero-order chi connectivity index (χ0) is 17.4. The molecule has 1 N–H and O–H groups in total. The minimum absolute atomic E-state index is 0.0536. The number of hydrogen-bond donors (Lipinski definition) is 1. The van der Waals surface area contributed by atoms with Crippen LogP contribution in [0.1, 0.15) is 19.3 Å². The Balaban J connectivity index is 1.66. The lowest BCUT2D eigenvalue weighted by Gasteiger charge is -2.53. The Bertz CT molecular complexity index is 766. The molecule has 2 aliphatic rings. The molecule has 3 heterocycles. The van der Waals surface area contributed by atoms with Gasteiger partial charge in [-0.3, -0.25) is 0 Å². The van der Waals surface area contributed by atoms with Gasteiger partial charge in [-0.15, -0.1) is 0 Å². The number of para-hydroxylation sites is 1. The number of anilines is 1. The van der Waals surface area contributed by atoms with E-state index in [-0.39, 0.29) is 12.0 Å². The van der Waals surface area contributed by atoms with E-state index in [4.69, 9.17) is 9.72 Å². The summed E-state index contributed by atoms with van der Waals surface area (Å²) in [4.78, 5) is 9.69. The summed E-state index contributed by atoms with van der Waals surface area (Å²) in [5, 5.41) is 11.2. The van der Waals surface area contributed by atoms with Crippen molar-refractivity contribution in [2.24, 2.45) is 5.41 Å². The molecule has 2 aliphatic heterocycles. The number of rotatable bonds is 3. The molecule has 0 bridgehead atoms. The van der Waals surface area contributed by atoms with Gasteiger partial charge in [-0.25, -0.2) is 4.98 Å². The van der Waals surface area contributed by atoms with Crippen molar-refractivity contribution in [2.45, 2.75) is 25.3 Å². The molecule has 2 saturated heterocycles. The highest BCUT2D eigenvalue weighted by Gasteiger charge is 2.46. The number of methoxy groups -OCH3 is 1. The van der Waals surface area contributed by atoms with Crippen molar-refractivity contribution in [2.75, 3.05) is 45.3 Å². The van der Waals surface area contributed by atoms with Crippen molar-refractivity contribution in [3.63, 3.8) is 0 Å². The maximum absolute atomic E-state index is 10.1. The van der Waals surface area contributed by atoms with Crippen molar-refractivity contribution >= 4 is 16.7 Å².